The minimum atomic E-state index is -0.402. The van der Waals surface area contributed by atoms with E-state index in [1.165, 1.54) is 0 Å². The summed E-state index contributed by atoms with van der Waals surface area (Å²) in [4.78, 5) is 21.7. The number of carbonyl (C=O) groups is 2. The molecule has 0 heterocycles. The molecule has 0 spiro atoms. The van der Waals surface area contributed by atoms with E-state index in [0.717, 1.165) is 12.8 Å². The molecule has 0 radical (unpaired) electrons. The molecule has 0 aromatic carbocycles. The first-order chi connectivity index (χ1) is 7.70. The number of alkyl carbamates (subject to hydrolysis) is 2. The number of ether oxygens (including phenoxy) is 2. The molecule has 0 saturated carbocycles. The first-order valence-electron chi connectivity index (χ1n) is 5.52. The Morgan fingerprint density at radius 1 is 0.875 bits per heavy atom. The summed E-state index contributed by atoms with van der Waals surface area (Å²) in [6, 6.07) is 0. The van der Waals surface area contributed by atoms with Gasteiger partial charge in [0.1, 0.15) is 0 Å². The second kappa shape index (κ2) is 10.1. The van der Waals surface area contributed by atoms with Crippen molar-refractivity contribution >= 4 is 12.2 Å². The van der Waals surface area contributed by atoms with Gasteiger partial charge in [-0.15, -0.1) is 0 Å². The third kappa shape index (κ3) is 9.11. The van der Waals surface area contributed by atoms with E-state index in [9.17, 15) is 9.59 Å². The van der Waals surface area contributed by atoms with Gasteiger partial charge >= 0.3 is 12.2 Å². The fourth-order valence-electron chi connectivity index (χ4n) is 0.995. The average Bonchev–Trinajstić information content (AvgIpc) is 2.24. The van der Waals surface area contributed by atoms with Gasteiger partial charge in [0, 0.05) is 13.1 Å². The highest BCUT2D eigenvalue weighted by atomic mass is 16.5. The quantitative estimate of drug-likeness (QED) is 0.648. The monoisotopic (exact) mass is 232 g/mol. The minimum absolute atomic E-state index is 0.371. The molecule has 0 rings (SSSR count). The molecular formula is C10H20N2O4. The molecule has 0 unspecified atom stereocenters. The lowest BCUT2D eigenvalue weighted by Crippen LogP contribution is -2.28. The average molecular weight is 232 g/mol. The van der Waals surface area contributed by atoms with Crippen molar-refractivity contribution in [3.63, 3.8) is 0 Å². The van der Waals surface area contributed by atoms with Crippen molar-refractivity contribution in [2.24, 2.45) is 0 Å². The van der Waals surface area contributed by atoms with Crippen LogP contribution in [0.3, 0.4) is 0 Å². The summed E-state index contributed by atoms with van der Waals surface area (Å²) in [5.74, 6) is 0. The standard InChI is InChI=1S/C10H20N2O4/c1-3-15-9(13)11-7-5-6-8-12-10(14)16-4-2/h3-8H2,1-2H3,(H,11,13)(H,12,14). The van der Waals surface area contributed by atoms with Crippen LogP contribution in [0.2, 0.25) is 0 Å². The Morgan fingerprint density at radius 2 is 1.25 bits per heavy atom. The maximum atomic E-state index is 10.8. The van der Waals surface area contributed by atoms with Crippen LogP contribution in [0.15, 0.2) is 0 Å². The zero-order valence-electron chi connectivity index (χ0n) is 9.88. The van der Waals surface area contributed by atoms with Crippen LogP contribution in [0.5, 0.6) is 0 Å². The van der Waals surface area contributed by atoms with Crippen LogP contribution in [-0.2, 0) is 9.47 Å². The molecule has 94 valence electrons. The van der Waals surface area contributed by atoms with Crippen LogP contribution in [0.4, 0.5) is 9.59 Å². The predicted octanol–water partition coefficient (Wildman–Crippen LogP) is 1.26. The molecule has 0 fully saturated rings. The highest BCUT2D eigenvalue weighted by molar-refractivity contribution is 5.67. The van der Waals surface area contributed by atoms with E-state index in [1.54, 1.807) is 13.8 Å². The van der Waals surface area contributed by atoms with Gasteiger partial charge < -0.3 is 20.1 Å². The Balaban J connectivity index is 3.21. The van der Waals surface area contributed by atoms with Crippen molar-refractivity contribution in [1.82, 2.24) is 10.6 Å². The Bertz CT molecular complexity index is 187. The van der Waals surface area contributed by atoms with E-state index in [0.29, 0.717) is 26.3 Å². The van der Waals surface area contributed by atoms with Gasteiger partial charge in [0.2, 0.25) is 0 Å². The third-order valence-electron chi connectivity index (χ3n) is 1.69. The summed E-state index contributed by atoms with van der Waals surface area (Å²) in [7, 11) is 0. The van der Waals surface area contributed by atoms with Crippen LogP contribution in [0.25, 0.3) is 0 Å². The largest absolute Gasteiger partial charge is 0.450 e. The Labute approximate surface area is 95.7 Å². The second-order valence-corrected chi connectivity index (χ2v) is 3.00. The fourth-order valence-corrected chi connectivity index (χ4v) is 0.995. The molecule has 0 saturated heterocycles. The normalized spacial score (nSPS) is 9.38. The van der Waals surface area contributed by atoms with Crippen molar-refractivity contribution in [1.29, 1.82) is 0 Å². The lowest BCUT2D eigenvalue weighted by molar-refractivity contribution is 0.149. The van der Waals surface area contributed by atoms with E-state index in [4.69, 9.17) is 0 Å². The minimum Gasteiger partial charge on any atom is -0.450 e. The van der Waals surface area contributed by atoms with Crippen LogP contribution in [-0.4, -0.2) is 38.5 Å². The lowest BCUT2D eigenvalue weighted by atomic mass is 10.3. The Morgan fingerprint density at radius 3 is 1.56 bits per heavy atom. The van der Waals surface area contributed by atoms with Gasteiger partial charge in [0.05, 0.1) is 13.2 Å². The lowest BCUT2D eigenvalue weighted by Gasteiger charge is -2.06. The van der Waals surface area contributed by atoms with Gasteiger partial charge in [-0.3, -0.25) is 0 Å². The summed E-state index contributed by atoms with van der Waals surface area (Å²) in [6.07, 6.45) is 0.762. The van der Waals surface area contributed by atoms with E-state index in [1.807, 2.05) is 0 Å². The van der Waals surface area contributed by atoms with Gasteiger partial charge in [-0.2, -0.15) is 0 Å². The van der Waals surface area contributed by atoms with E-state index < -0.39 is 12.2 Å². The fraction of sp³-hybridized carbons (Fsp3) is 0.800. The number of hydrogen-bond donors (Lipinski definition) is 2. The molecular weight excluding hydrogens is 212 g/mol. The van der Waals surface area contributed by atoms with E-state index in [2.05, 4.69) is 20.1 Å². The van der Waals surface area contributed by atoms with Crippen molar-refractivity contribution in [3.05, 3.63) is 0 Å². The van der Waals surface area contributed by atoms with Crippen LogP contribution >= 0.6 is 0 Å². The molecule has 0 aromatic rings. The number of nitrogens with one attached hydrogen (secondary N) is 2. The van der Waals surface area contributed by atoms with E-state index in [-0.39, 0.29) is 0 Å². The summed E-state index contributed by atoms with van der Waals surface area (Å²) in [5, 5.41) is 5.18. The zero-order valence-corrected chi connectivity index (χ0v) is 9.88. The number of unbranched alkanes of at least 4 members (excludes halogenated alkanes) is 1. The third-order valence-corrected chi connectivity index (χ3v) is 1.69. The van der Waals surface area contributed by atoms with Crippen molar-refractivity contribution in [2.75, 3.05) is 26.3 Å². The highest BCUT2D eigenvalue weighted by Gasteiger charge is 2.00. The number of hydrogen-bond acceptors (Lipinski definition) is 4. The molecule has 0 aliphatic heterocycles. The molecule has 0 bridgehead atoms. The smallest absolute Gasteiger partial charge is 0.407 e. The predicted molar refractivity (Wildman–Crippen MR) is 59.3 cm³/mol. The topological polar surface area (TPSA) is 76.7 Å². The molecule has 2 amide bonds. The van der Waals surface area contributed by atoms with E-state index >= 15 is 0 Å². The molecule has 0 aliphatic carbocycles. The summed E-state index contributed by atoms with van der Waals surface area (Å²) in [6.45, 7) is 5.34. The number of carbonyl (C=O) groups excluding carboxylic acids is 2. The van der Waals surface area contributed by atoms with Crippen LogP contribution < -0.4 is 10.6 Å². The summed E-state index contributed by atoms with van der Waals surface area (Å²) < 4.78 is 9.36. The molecule has 0 aromatic heterocycles. The second-order valence-electron chi connectivity index (χ2n) is 3.00. The summed E-state index contributed by atoms with van der Waals surface area (Å²) in [5.41, 5.74) is 0. The van der Waals surface area contributed by atoms with Crippen molar-refractivity contribution < 1.29 is 19.1 Å². The van der Waals surface area contributed by atoms with Gasteiger partial charge in [0.25, 0.3) is 0 Å². The first kappa shape index (κ1) is 14.5. The SMILES string of the molecule is CCOC(=O)NCCCCNC(=O)OCC. The zero-order chi connectivity index (χ0) is 12.2. The maximum Gasteiger partial charge on any atom is 0.407 e. The van der Waals surface area contributed by atoms with Crippen LogP contribution in [0.1, 0.15) is 26.7 Å². The Kier molecular flexibility index (Phi) is 9.15. The summed E-state index contributed by atoms with van der Waals surface area (Å²) >= 11 is 0. The van der Waals surface area contributed by atoms with Crippen molar-refractivity contribution in [2.45, 2.75) is 26.7 Å². The maximum absolute atomic E-state index is 10.8. The van der Waals surface area contributed by atoms with Gasteiger partial charge in [-0.05, 0) is 26.7 Å². The molecule has 2 N–H and O–H groups in total. The Hall–Kier alpha value is -1.46. The number of amides is 2. The molecule has 16 heavy (non-hydrogen) atoms. The molecule has 6 nitrogen and oxygen atoms in total. The van der Waals surface area contributed by atoms with Crippen LogP contribution in [0, 0.1) is 0 Å². The first-order valence-corrected chi connectivity index (χ1v) is 5.52. The van der Waals surface area contributed by atoms with Gasteiger partial charge in [-0.1, -0.05) is 0 Å². The van der Waals surface area contributed by atoms with Crippen molar-refractivity contribution in [3.8, 4) is 0 Å². The number of rotatable bonds is 7. The molecule has 6 heteroatoms. The highest BCUT2D eigenvalue weighted by Crippen LogP contribution is 1.86. The molecule has 0 atom stereocenters. The van der Waals surface area contributed by atoms with Gasteiger partial charge in [0.15, 0.2) is 0 Å². The van der Waals surface area contributed by atoms with Gasteiger partial charge in [-0.25, -0.2) is 9.59 Å². The molecule has 0 aliphatic rings.